The summed E-state index contributed by atoms with van der Waals surface area (Å²) in [6.07, 6.45) is 11.2. The fourth-order valence-electron chi connectivity index (χ4n) is 7.81. The largest absolute Gasteiger partial charge is 0.347 e. The van der Waals surface area contributed by atoms with Crippen LogP contribution in [0.1, 0.15) is 110 Å². The highest BCUT2D eigenvalue weighted by Gasteiger charge is 2.70. The molecule has 5 rings (SSSR count). The lowest BCUT2D eigenvalue weighted by molar-refractivity contribution is -0.147. The smallest absolute Gasteiger partial charge is 0.289 e. The molecule has 1 aromatic heterocycles. The molecule has 1 aliphatic heterocycles. The number of hydrogen-bond acceptors (Lipinski definition) is 8. The van der Waals surface area contributed by atoms with Crippen LogP contribution in [-0.4, -0.2) is 86.9 Å². The average Bonchev–Trinajstić information content (AvgIpc) is 3.92. The Kier molecular flexibility index (Phi) is 10.8. The first kappa shape index (κ1) is 36.4. The first-order valence-electron chi connectivity index (χ1n) is 18.0. The third kappa shape index (κ3) is 8.12. The van der Waals surface area contributed by atoms with Crippen molar-refractivity contribution in [2.24, 2.45) is 28.6 Å². The highest BCUT2D eigenvalue weighted by Crippen LogP contribution is 2.65. The quantitative estimate of drug-likeness (QED) is 0.229. The second-order valence-electron chi connectivity index (χ2n) is 16.1. The summed E-state index contributed by atoms with van der Waals surface area (Å²) in [6, 6.07) is -3.75. The van der Waals surface area contributed by atoms with Crippen LogP contribution < -0.4 is 21.3 Å². The Morgan fingerprint density at radius 1 is 0.959 bits per heavy atom. The first-order valence-corrected chi connectivity index (χ1v) is 18.0. The van der Waals surface area contributed by atoms with Crippen LogP contribution in [0.3, 0.4) is 0 Å². The van der Waals surface area contributed by atoms with Crippen molar-refractivity contribution in [3.05, 3.63) is 24.3 Å². The maximum atomic E-state index is 14.5. The SMILES string of the molecule is CCC[C@H](NC(=O)[C@@H]1[C@@H]2[C@H](CN1C(=O)[C@@H](NC(=O)[C@@H](NC(=O)c1cnccn1)C1CCCCC1)C(C)(C)C)C2(C)C)C(=O)C(=O)NC1CC1. The number of nitrogens with one attached hydrogen (secondary N) is 4. The van der Waals surface area contributed by atoms with Gasteiger partial charge in [0, 0.05) is 25.0 Å². The van der Waals surface area contributed by atoms with Crippen LogP contribution in [0.4, 0.5) is 0 Å². The number of aromatic nitrogens is 2. The molecule has 0 unspecified atom stereocenters. The molecule has 13 nitrogen and oxygen atoms in total. The van der Waals surface area contributed by atoms with Crippen molar-refractivity contribution in [3.8, 4) is 0 Å². The maximum absolute atomic E-state index is 14.5. The molecule has 0 spiro atoms. The Bertz CT molecular complexity index is 1430. The molecule has 0 radical (unpaired) electrons. The lowest BCUT2D eigenvalue weighted by Gasteiger charge is -2.39. The predicted molar refractivity (Wildman–Crippen MR) is 181 cm³/mol. The number of carbonyl (C=O) groups is 6. The number of ketones is 1. The number of carbonyl (C=O) groups excluding carboxylic acids is 6. The Hall–Kier alpha value is -3.90. The van der Waals surface area contributed by atoms with E-state index in [1.807, 2.05) is 27.7 Å². The maximum Gasteiger partial charge on any atom is 0.289 e. The van der Waals surface area contributed by atoms with Crippen molar-refractivity contribution in [2.75, 3.05) is 6.54 Å². The average molecular weight is 680 g/mol. The van der Waals surface area contributed by atoms with Gasteiger partial charge in [0.15, 0.2) is 0 Å². The molecule has 0 bridgehead atoms. The molecule has 1 aromatic rings. The molecule has 13 heteroatoms. The molecule has 4 fully saturated rings. The fourth-order valence-corrected chi connectivity index (χ4v) is 7.81. The fraction of sp³-hybridized carbons (Fsp3) is 0.722. The van der Waals surface area contributed by atoms with Gasteiger partial charge in [-0.25, -0.2) is 4.98 Å². The topological polar surface area (TPSA) is 180 Å². The molecule has 0 aromatic carbocycles. The Morgan fingerprint density at radius 3 is 2.24 bits per heavy atom. The van der Waals surface area contributed by atoms with Crippen LogP contribution in [-0.2, 0) is 24.0 Å². The van der Waals surface area contributed by atoms with E-state index in [2.05, 4.69) is 45.1 Å². The van der Waals surface area contributed by atoms with Gasteiger partial charge >= 0.3 is 0 Å². The molecular formula is C36H53N7O6. The van der Waals surface area contributed by atoms with Crippen LogP contribution >= 0.6 is 0 Å². The molecule has 2 heterocycles. The predicted octanol–water partition coefficient (Wildman–Crippen LogP) is 2.30. The summed E-state index contributed by atoms with van der Waals surface area (Å²) < 4.78 is 0. The zero-order chi connectivity index (χ0) is 35.7. The van der Waals surface area contributed by atoms with Gasteiger partial charge in [-0.1, -0.05) is 67.2 Å². The van der Waals surface area contributed by atoms with Crippen molar-refractivity contribution >= 4 is 35.3 Å². The van der Waals surface area contributed by atoms with Gasteiger partial charge in [0.05, 0.1) is 12.2 Å². The number of Topliss-reactive ketones (excluding diaryl/α,β-unsaturated/α-hetero) is 1. The van der Waals surface area contributed by atoms with Crippen LogP contribution in [0, 0.1) is 28.6 Å². The van der Waals surface area contributed by atoms with E-state index in [4.69, 9.17) is 0 Å². The van der Waals surface area contributed by atoms with E-state index < -0.39 is 64.9 Å². The number of amides is 5. The number of nitrogens with zero attached hydrogens (tertiary/aromatic N) is 3. The molecule has 4 N–H and O–H groups in total. The van der Waals surface area contributed by atoms with Crippen molar-refractivity contribution in [1.29, 1.82) is 0 Å². The van der Waals surface area contributed by atoms with Gasteiger partial charge in [-0.3, -0.25) is 33.8 Å². The van der Waals surface area contributed by atoms with Crippen LogP contribution in [0.15, 0.2) is 18.6 Å². The highest BCUT2D eigenvalue weighted by molar-refractivity contribution is 6.38. The van der Waals surface area contributed by atoms with Crippen LogP contribution in [0.25, 0.3) is 0 Å². The second kappa shape index (κ2) is 14.5. The van der Waals surface area contributed by atoms with E-state index in [0.717, 1.165) is 44.9 Å². The minimum atomic E-state index is -1.01. The molecular weight excluding hydrogens is 626 g/mol. The molecule has 49 heavy (non-hydrogen) atoms. The number of rotatable bonds is 13. The van der Waals surface area contributed by atoms with E-state index in [9.17, 15) is 28.8 Å². The van der Waals surface area contributed by atoms with Crippen molar-refractivity contribution in [1.82, 2.24) is 36.1 Å². The zero-order valence-electron chi connectivity index (χ0n) is 29.7. The zero-order valence-corrected chi connectivity index (χ0v) is 29.7. The van der Waals surface area contributed by atoms with Gasteiger partial charge in [0.1, 0.15) is 23.8 Å². The van der Waals surface area contributed by atoms with E-state index >= 15 is 0 Å². The first-order chi connectivity index (χ1) is 23.1. The van der Waals surface area contributed by atoms with Gasteiger partial charge in [-0.2, -0.15) is 0 Å². The molecule has 4 aliphatic rings. The molecule has 5 amide bonds. The molecule has 3 saturated carbocycles. The van der Waals surface area contributed by atoms with Crippen molar-refractivity contribution < 1.29 is 28.8 Å². The van der Waals surface area contributed by atoms with E-state index in [1.165, 1.54) is 18.6 Å². The molecule has 3 aliphatic carbocycles. The number of piperidine rings is 1. The summed E-state index contributed by atoms with van der Waals surface area (Å²) >= 11 is 0. The summed E-state index contributed by atoms with van der Waals surface area (Å²) in [5.74, 6) is -3.38. The van der Waals surface area contributed by atoms with Gasteiger partial charge < -0.3 is 26.2 Å². The van der Waals surface area contributed by atoms with Gasteiger partial charge in [0.2, 0.25) is 23.5 Å². The summed E-state index contributed by atoms with van der Waals surface area (Å²) in [5.41, 5.74) is -0.843. The van der Waals surface area contributed by atoms with Crippen LogP contribution in [0.2, 0.25) is 0 Å². The molecule has 1 saturated heterocycles. The minimum Gasteiger partial charge on any atom is -0.347 e. The Balaban J connectivity index is 1.35. The summed E-state index contributed by atoms with van der Waals surface area (Å²) in [4.78, 5) is 91.2. The summed E-state index contributed by atoms with van der Waals surface area (Å²) in [6.45, 7) is 11.9. The third-order valence-corrected chi connectivity index (χ3v) is 11.0. The Labute approximate surface area is 288 Å². The minimum absolute atomic E-state index is 0.00739. The van der Waals surface area contributed by atoms with Gasteiger partial charge in [-0.15, -0.1) is 0 Å². The van der Waals surface area contributed by atoms with E-state index in [0.29, 0.717) is 19.4 Å². The third-order valence-electron chi connectivity index (χ3n) is 11.0. The Morgan fingerprint density at radius 2 is 1.65 bits per heavy atom. The lowest BCUT2D eigenvalue weighted by Crippen LogP contribution is -2.63. The summed E-state index contributed by atoms with van der Waals surface area (Å²) in [5, 5.41) is 11.4. The monoisotopic (exact) mass is 679 g/mol. The number of fused-ring (bicyclic) bond motifs is 1. The number of likely N-dealkylation sites (tertiary alicyclic amines) is 1. The van der Waals surface area contributed by atoms with Gasteiger partial charge in [-0.05, 0) is 60.7 Å². The van der Waals surface area contributed by atoms with E-state index in [-0.39, 0.29) is 34.9 Å². The normalized spacial score (nSPS) is 24.9. The highest BCUT2D eigenvalue weighted by atomic mass is 16.2. The standard InChI is InChI=1S/C36H53N7O6/c1-7-11-23(28(44)33(48)39-21-14-15-21)40-32(47)27-25-22(36(25,5)6)19-43(27)34(49)29(35(2,3)4)42-31(46)26(20-12-9-8-10-13-20)41-30(45)24-18-37-16-17-38-24/h16-18,20-23,25-27,29H,7-15,19H2,1-6H3,(H,39,48)(H,40,47)(H,41,45)(H,42,46)/t22-,23-,25-,26-,27-,29+/m0/s1. The molecule has 6 atom stereocenters. The van der Waals surface area contributed by atoms with Gasteiger partial charge in [0.25, 0.3) is 11.8 Å². The number of hydrogen-bond donors (Lipinski definition) is 4. The van der Waals surface area contributed by atoms with Crippen molar-refractivity contribution in [3.63, 3.8) is 0 Å². The van der Waals surface area contributed by atoms with E-state index in [1.54, 1.807) is 4.90 Å². The van der Waals surface area contributed by atoms with Crippen LogP contribution in [0.5, 0.6) is 0 Å². The van der Waals surface area contributed by atoms with Crippen molar-refractivity contribution in [2.45, 2.75) is 130 Å². The summed E-state index contributed by atoms with van der Waals surface area (Å²) in [7, 11) is 0. The molecule has 268 valence electrons. The second-order valence-corrected chi connectivity index (χ2v) is 16.1. The lowest BCUT2D eigenvalue weighted by atomic mass is 9.82.